The summed E-state index contributed by atoms with van der Waals surface area (Å²) in [5, 5.41) is 0. The normalized spacial score (nSPS) is 13.8. The van der Waals surface area contributed by atoms with Gasteiger partial charge in [-0.3, -0.25) is 9.11 Å². The van der Waals surface area contributed by atoms with E-state index >= 15 is 0 Å². The molecule has 2 N–H and O–H groups in total. The van der Waals surface area contributed by atoms with Gasteiger partial charge in [0.15, 0.2) is 11.9 Å². The molecule has 0 heterocycles. The molecule has 0 unspecified atom stereocenters. The number of benzene rings is 1. The standard InChI is InChI=1S/C12H18O9S2/c13-22(14,15)9-20-8-12(21-10-23(16,17)18)7-19-6-11-4-2-1-3-5-11/h1-5,12H,6-10H2,(H,13,14,15)(H,16,17,18)/t12-/m1/s1. The molecule has 11 heteroatoms. The first-order chi connectivity index (χ1) is 10.7. The molecule has 0 spiro atoms. The third kappa shape index (κ3) is 11.1. The highest BCUT2D eigenvalue weighted by Gasteiger charge is 2.16. The van der Waals surface area contributed by atoms with Gasteiger partial charge in [-0.05, 0) is 5.56 Å². The van der Waals surface area contributed by atoms with Gasteiger partial charge >= 0.3 is 0 Å². The fourth-order valence-electron chi connectivity index (χ4n) is 1.49. The third-order valence-electron chi connectivity index (χ3n) is 2.40. The van der Waals surface area contributed by atoms with Crippen molar-refractivity contribution < 1.29 is 40.2 Å². The molecule has 132 valence electrons. The van der Waals surface area contributed by atoms with Crippen molar-refractivity contribution in [2.75, 3.05) is 25.1 Å². The Labute approximate surface area is 134 Å². The number of hydrogen-bond acceptors (Lipinski definition) is 7. The SMILES string of the molecule is O=S(=O)(O)COC[C@@H](COCc1ccccc1)OCS(=O)(=O)O. The molecule has 0 amide bonds. The zero-order valence-electron chi connectivity index (χ0n) is 12.1. The van der Waals surface area contributed by atoms with Crippen LogP contribution in [0.1, 0.15) is 5.56 Å². The van der Waals surface area contributed by atoms with Crippen LogP contribution in [0.4, 0.5) is 0 Å². The molecule has 1 rings (SSSR count). The lowest BCUT2D eigenvalue weighted by molar-refractivity contribution is -0.0453. The van der Waals surface area contributed by atoms with Crippen molar-refractivity contribution in [3.63, 3.8) is 0 Å². The van der Waals surface area contributed by atoms with Gasteiger partial charge in [0, 0.05) is 0 Å². The van der Waals surface area contributed by atoms with Gasteiger partial charge in [0.05, 0.1) is 19.8 Å². The van der Waals surface area contributed by atoms with Crippen LogP contribution < -0.4 is 0 Å². The minimum Gasteiger partial charge on any atom is -0.374 e. The van der Waals surface area contributed by atoms with Crippen molar-refractivity contribution in [1.29, 1.82) is 0 Å². The highest BCUT2D eigenvalue weighted by molar-refractivity contribution is 7.85. The molecule has 0 aliphatic heterocycles. The molecular formula is C12H18O9S2. The molecular weight excluding hydrogens is 352 g/mol. The monoisotopic (exact) mass is 370 g/mol. The first-order valence-corrected chi connectivity index (χ1v) is 9.59. The lowest BCUT2D eigenvalue weighted by Crippen LogP contribution is -2.29. The van der Waals surface area contributed by atoms with Crippen LogP contribution in [0.25, 0.3) is 0 Å². The lowest BCUT2D eigenvalue weighted by atomic mass is 10.2. The van der Waals surface area contributed by atoms with E-state index in [0.717, 1.165) is 5.56 Å². The molecule has 1 aromatic rings. The Morgan fingerprint density at radius 2 is 1.43 bits per heavy atom. The maximum atomic E-state index is 10.7. The van der Waals surface area contributed by atoms with Gasteiger partial charge in [-0.2, -0.15) is 16.8 Å². The zero-order chi connectivity index (χ0) is 17.3. The second-order valence-electron chi connectivity index (χ2n) is 4.56. The van der Waals surface area contributed by atoms with Gasteiger partial charge in [-0.1, -0.05) is 30.3 Å². The van der Waals surface area contributed by atoms with E-state index < -0.39 is 38.2 Å². The fraction of sp³-hybridized carbons (Fsp3) is 0.500. The van der Waals surface area contributed by atoms with Crippen molar-refractivity contribution in [2.45, 2.75) is 12.7 Å². The molecule has 0 saturated heterocycles. The molecule has 0 aromatic heterocycles. The van der Waals surface area contributed by atoms with Gasteiger partial charge < -0.3 is 14.2 Å². The van der Waals surface area contributed by atoms with Gasteiger partial charge in [0.1, 0.15) is 6.10 Å². The molecule has 0 fully saturated rings. The minimum atomic E-state index is -4.35. The second kappa shape index (κ2) is 9.27. The van der Waals surface area contributed by atoms with E-state index in [0.29, 0.717) is 0 Å². The van der Waals surface area contributed by atoms with Crippen LogP contribution >= 0.6 is 0 Å². The van der Waals surface area contributed by atoms with Crippen molar-refractivity contribution in [3.05, 3.63) is 35.9 Å². The zero-order valence-corrected chi connectivity index (χ0v) is 13.7. The quantitative estimate of drug-likeness (QED) is 0.527. The van der Waals surface area contributed by atoms with Crippen LogP contribution in [0, 0.1) is 0 Å². The van der Waals surface area contributed by atoms with Gasteiger partial charge in [0.25, 0.3) is 20.2 Å². The summed E-state index contributed by atoms with van der Waals surface area (Å²) in [5.41, 5.74) is 0.875. The van der Waals surface area contributed by atoms with E-state index in [1.807, 2.05) is 30.3 Å². The van der Waals surface area contributed by atoms with Crippen molar-refractivity contribution in [2.24, 2.45) is 0 Å². The Balaban J connectivity index is 2.45. The lowest BCUT2D eigenvalue weighted by Gasteiger charge is -2.17. The summed E-state index contributed by atoms with van der Waals surface area (Å²) in [5.74, 6) is -1.95. The van der Waals surface area contributed by atoms with E-state index in [-0.39, 0.29) is 19.8 Å². The highest BCUT2D eigenvalue weighted by atomic mass is 32.2. The van der Waals surface area contributed by atoms with Crippen LogP contribution in [0.5, 0.6) is 0 Å². The molecule has 9 nitrogen and oxygen atoms in total. The second-order valence-corrected chi connectivity index (χ2v) is 7.36. The van der Waals surface area contributed by atoms with Crippen LogP contribution in [0.15, 0.2) is 30.3 Å². The Morgan fingerprint density at radius 1 is 0.870 bits per heavy atom. The Kier molecular flexibility index (Phi) is 8.05. The third-order valence-corrected chi connectivity index (χ3v) is 3.30. The molecule has 23 heavy (non-hydrogen) atoms. The van der Waals surface area contributed by atoms with Crippen LogP contribution in [-0.2, 0) is 41.1 Å². The molecule has 0 radical (unpaired) electrons. The van der Waals surface area contributed by atoms with Crippen LogP contribution in [0.3, 0.4) is 0 Å². The Bertz CT molecular complexity index is 655. The Morgan fingerprint density at radius 3 is 2.00 bits per heavy atom. The molecule has 0 saturated carbocycles. The number of rotatable bonds is 11. The van der Waals surface area contributed by atoms with Crippen molar-refractivity contribution >= 4 is 20.2 Å². The number of ether oxygens (including phenoxy) is 3. The van der Waals surface area contributed by atoms with Gasteiger partial charge in [0.2, 0.25) is 0 Å². The van der Waals surface area contributed by atoms with Gasteiger partial charge in [-0.15, -0.1) is 0 Å². The summed E-state index contributed by atoms with van der Waals surface area (Å²) < 4.78 is 74.6. The average Bonchev–Trinajstić information content (AvgIpc) is 2.43. The summed E-state index contributed by atoms with van der Waals surface area (Å²) in [6.07, 6.45) is -0.942. The molecule has 1 atom stereocenters. The Hall–Kier alpha value is -1.08. The topological polar surface area (TPSA) is 136 Å². The summed E-state index contributed by atoms with van der Waals surface area (Å²) >= 11 is 0. The van der Waals surface area contributed by atoms with Crippen molar-refractivity contribution in [1.82, 2.24) is 0 Å². The summed E-state index contributed by atoms with van der Waals surface area (Å²) in [4.78, 5) is 0. The van der Waals surface area contributed by atoms with E-state index in [1.54, 1.807) is 0 Å². The predicted molar refractivity (Wildman–Crippen MR) is 79.8 cm³/mol. The van der Waals surface area contributed by atoms with Crippen LogP contribution in [0.2, 0.25) is 0 Å². The molecule has 1 aromatic carbocycles. The average molecular weight is 370 g/mol. The predicted octanol–water partition coefficient (Wildman–Crippen LogP) is 0.296. The maximum absolute atomic E-state index is 10.7. The van der Waals surface area contributed by atoms with E-state index in [2.05, 4.69) is 0 Å². The first kappa shape index (κ1) is 20.0. The van der Waals surface area contributed by atoms with Crippen LogP contribution in [-0.4, -0.2) is 57.1 Å². The molecule has 0 aliphatic rings. The largest absolute Gasteiger partial charge is 0.374 e. The summed E-state index contributed by atoms with van der Waals surface area (Å²) in [6, 6.07) is 9.12. The highest BCUT2D eigenvalue weighted by Crippen LogP contribution is 2.04. The van der Waals surface area contributed by atoms with E-state index in [4.69, 9.17) is 23.3 Å². The van der Waals surface area contributed by atoms with Crippen molar-refractivity contribution in [3.8, 4) is 0 Å². The maximum Gasteiger partial charge on any atom is 0.289 e. The summed E-state index contributed by atoms with van der Waals surface area (Å²) in [6.45, 7) is -0.217. The molecule has 0 bridgehead atoms. The smallest absolute Gasteiger partial charge is 0.289 e. The molecule has 0 aliphatic carbocycles. The first-order valence-electron chi connectivity index (χ1n) is 6.37. The fourth-order valence-corrected chi connectivity index (χ4v) is 2.17. The van der Waals surface area contributed by atoms with E-state index in [9.17, 15) is 16.8 Å². The number of hydrogen-bond donors (Lipinski definition) is 2. The van der Waals surface area contributed by atoms with Gasteiger partial charge in [-0.25, -0.2) is 0 Å². The minimum absolute atomic E-state index is 0.101. The van der Waals surface area contributed by atoms with E-state index in [1.165, 1.54) is 0 Å². The summed E-state index contributed by atoms with van der Waals surface area (Å²) in [7, 11) is -8.66.